The first-order valence-electron chi connectivity index (χ1n) is 5.70. The average Bonchev–Trinajstić information content (AvgIpc) is 2.62. The Morgan fingerprint density at radius 1 is 1.31 bits per heavy atom. The summed E-state index contributed by atoms with van der Waals surface area (Å²) in [5.41, 5.74) is 6.31. The van der Waals surface area contributed by atoms with Crippen molar-refractivity contribution in [2.75, 3.05) is 6.54 Å². The van der Waals surface area contributed by atoms with Gasteiger partial charge in [-0.05, 0) is 56.4 Å². The monoisotopic (exact) mass is 181 g/mol. The molecule has 1 saturated carbocycles. The van der Waals surface area contributed by atoms with Crippen molar-refractivity contribution in [3.63, 3.8) is 0 Å². The van der Waals surface area contributed by atoms with E-state index in [0.717, 1.165) is 12.5 Å². The van der Waals surface area contributed by atoms with Crippen molar-refractivity contribution in [3.05, 3.63) is 0 Å². The molecule has 2 nitrogen and oxygen atoms in total. The van der Waals surface area contributed by atoms with Crippen LogP contribution in [0, 0.1) is 11.3 Å². The van der Waals surface area contributed by atoms with Crippen LogP contribution in [-0.4, -0.2) is 18.8 Å². The molecular formula is C11H19NO. The van der Waals surface area contributed by atoms with E-state index in [0.29, 0.717) is 17.6 Å². The Hall–Kier alpha value is -0.0800. The van der Waals surface area contributed by atoms with E-state index in [2.05, 4.69) is 0 Å². The molecule has 0 aromatic rings. The van der Waals surface area contributed by atoms with Gasteiger partial charge in [-0.1, -0.05) is 0 Å². The summed E-state index contributed by atoms with van der Waals surface area (Å²) in [5.74, 6) is 0.870. The van der Waals surface area contributed by atoms with Crippen LogP contribution >= 0.6 is 0 Å². The Labute approximate surface area is 79.8 Å². The van der Waals surface area contributed by atoms with Crippen LogP contribution in [0.2, 0.25) is 0 Å². The zero-order valence-electron chi connectivity index (χ0n) is 8.17. The molecule has 0 aromatic carbocycles. The van der Waals surface area contributed by atoms with E-state index < -0.39 is 0 Å². The molecule has 3 fully saturated rings. The van der Waals surface area contributed by atoms with Crippen molar-refractivity contribution < 1.29 is 4.74 Å². The average molecular weight is 181 g/mol. The highest BCUT2D eigenvalue weighted by molar-refractivity contribution is 5.06. The summed E-state index contributed by atoms with van der Waals surface area (Å²) in [5, 5.41) is 0. The lowest BCUT2D eigenvalue weighted by molar-refractivity contribution is 0.0767. The maximum atomic E-state index is 5.92. The molecule has 3 rings (SSSR count). The van der Waals surface area contributed by atoms with Crippen molar-refractivity contribution >= 4 is 0 Å². The number of fused-ring (bicyclic) bond motifs is 2. The van der Waals surface area contributed by atoms with Crippen LogP contribution in [-0.2, 0) is 4.74 Å². The van der Waals surface area contributed by atoms with Crippen molar-refractivity contribution in [3.8, 4) is 0 Å². The third kappa shape index (κ3) is 1.15. The van der Waals surface area contributed by atoms with Crippen LogP contribution in [0.15, 0.2) is 0 Å². The third-order valence-electron chi connectivity index (χ3n) is 4.43. The van der Waals surface area contributed by atoms with Gasteiger partial charge in [0.1, 0.15) is 0 Å². The van der Waals surface area contributed by atoms with E-state index in [1.165, 1.54) is 38.5 Å². The topological polar surface area (TPSA) is 35.2 Å². The van der Waals surface area contributed by atoms with Gasteiger partial charge in [0, 0.05) is 0 Å². The number of rotatable bonds is 3. The van der Waals surface area contributed by atoms with E-state index in [4.69, 9.17) is 10.5 Å². The Bertz CT molecular complexity index is 212. The Balaban J connectivity index is 1.72. The van der Waals surface area contributed by atoms with Crippen LogP contribution in [0.5, 0.6) is 0 Å². The largest absolute Gasteiger partial charge is 0.375 e. The van der Waals surface area contributed by atoms with Crippen molar-refractivity contribution in [1.29, 1.82) is 0 Å². The number of ether oxygens (including phenoxy) is 1. The summed E-state index contributed by atoms with van der Waals surface area (Å²) in [6, 6.07) is 0. The minimum atomic E-state index is 0.610. The zero-order chi connectivity index (χ0) is 8.89. The van der Waals surface area contributed by atoms with E-state index in [9.17, 15) is 0 Å². The van der Waals surface area contributed by atoms with Crippen LogP contribution in [0.3, 0.4) is 0 Å². The zero-order valence-corrected chi connectivity index (χ0v) is 8.17. The maximum absolute atomic E-state index is 5.92. The number of hydrogen-bond donors (Lipinski definition) is 1. The minimum absolute atomic E-state index is 0.610. The van der Waals surface area contributed by atoms with Crippen LogP contribution in [0.1, 0.15) is 38.5 Å². The Morgan fingerprint density at radius 3 is 2.62 bits per heavy atom. The fourth-order valence-electron chi connectivity index (χ4n) is 3.54. The van der Waals surface area contributed by atoms with Gasteiger partial charge < -0.3 is 10.5 Å². The van der Waals surface area contributed by atoms with E-state index in [1.807, 2.05) is 0 Å². The lowest BCUT2D eigenvalue weighted by atomic mass is 9.76. The number of hydrogen-bond acceptors (Lipinski definition) is 2. The summed E-state index contributed by atoms with van der Waals surface area (Å²) in [4.78, 5) is 0. The van der Waals surface area contributed by atoms with Crippen LogP contribution < -0.4 is 5.73 Å². The molecule has 0 radical (unpaired) electrons. The first-order chi connectivity index (χ1) is 6.34. The highest BCUT2D eigenvalue weighted by atomic mass is 16.5. The van der Waals surface area contributed by atoms with Gasteiger partial charge in [-0.25, -0.2) is 0 Å². The fraction of sp³-hybridized carbons (Fsp3) is 1.00. The second-order valence-corrected chi connectivity index (χ2v) is 5.12. The molecule has 13 heavy (non-hydrogen) atoms. The van der Waals surface area contributed by atoms with E-state index in [-0.39, 0.29) is 0 Å². The normalized spacial score (nSPS) is 45.5. The minimum Gasteiger partial charge on any atom is -0.375 e. The molecule has 0 spiro atoms. The van der Waals surface area contributed by atoms with Gasteiger partial charge in [0.15, 0.2) is 0 Å². The standard InChI is InChI=1S/C11H19NO/c12-6-5-11(3-4-11)9-7-8-1-2-10(9)13-8/h8-10H,1-7,12H2. The first kappa shape index (κ1) is 8.25. The molecule has 2 N–H and O–H groups in total. The first-order valence-corrected chi connectivity index (χ1v) is 5.70. The highest BCUT2D eigenvalue weighted by Gasteiger charge is 2.56. The van der Waals surface area contributed by atoms with Gasteiger partial charge >= 0.3 is 0 Å². The Kier molecular flexibility index (Phi) is 1.72. The maximum Gasteiger partial charge on any atom is 0.0614 e. The molecule has 3 unspecified atom stereocenters. The summed E-state index contributed by atoms with van der Waals surface area (Å²) in [7, 11) is 0. The predicted octanol–water partition coefficient (Wildman–Crippen LogP) is 1.68. The second kappa shape index (κ2) is 2.71. The van der Waals surface area contributed by atoms with Crippen molar-refractivity contribution in [2.45, 2.75) is 50.7 Å². The predicted molar refractivity (Wildman–Crippen MR) is 51.3 cm³/mol. The van der Waals surface area contributed by atoms with Gasteiger partial charge in [-0.3, -0.25) is 0 Å². The molecule has 2 saturated heterocycles. The molecule has 74 valence electrons. The fourth-order valence-corrected chi connectivity index (χ4v) is 3.54. The summed E-state index contributed by atoms with van der Waals surface area (Å²) in [6.07, 6.45) is 9.28. The van der Waals surface area contributed by atoms with Gasteiger partial charge in [0.05, 0.1) is 12.2 Å². The highest BCUT2D eigenvalue weighted by Crippen LogP contribution is 2.61. The second-order valence-electron chi connectivity index (χ2n) is 5.12. The van der Waals surface area contributed by atoms with E-state index >= 15 is 0 Å². The molecule has 1 aliphatic carbocycles. The van der Waals surface area contributed by atoms with Gasteiger partial charge in [0.25, 0.3) is 0 Å². The van der Waals surface area contributed by atoms with Gasteiger partial charge in [-0.2, -0.15) is 0 Å². The molecule has 3 atom stereocenters. The molecular weight excluding hydrogens is 162 g/mol. The smallest absolute Gasteiger partial charge is 0.0614 e. The lowest BCUT2D eigenvalue weighted by Gasteiger charge is -2.27. The molecule has 2 heterocycles. The van der Waals surface area contributed by atoms with Crippen molar-refractivity contribution in [1.82, 2.24) is 0 Å². The molecule has 2 heteroatoms. The summed E-state index contributed by atoms with van der Waals surface area (Å²) in [6.45, 7) is 0.869. The molecule has 3 aliphatic rings. The summed E-state index contributed by atoms with van der Waals surface area (Å²) >= 11 is 0. The SMILES string of the molecule is NCCC1(C2CC3CCC2O3)CC1. The van der Waals surface area contributed by atoms with Crippen LogP contribution in [0.25, 0.3) is 0 Å². The lowest BCUT2D eigenvalue weighted by Crippen LogP contribution is -2.28. The van der Waals surface area contributed by atoms with Gasteiger partial charge in [0.2, 0.25) is 0 Å². The quantitative estimate of drug-likeness (QED) is 0.719. The van der Waals surface area contributed by atoms with Crippen LogP contribution in [0.4, 0.5) is 0 Å². The summed E-state index contributed by atoms with van der Waals surface area (Å²) < 4.78 is 5.92. The molecule has 2 bridgehead atoms. The molecule has 2 aliphatic heterocycles. The molecule has 0 aromatic heterocycles. The molecule has 0 amide bonds. The van der Waals surface area contributed by atoms with Crippen molar-refractivity contribution in [2.24, 2.45) is 17.1 Å². The third-order valence-corrected chi connectivity index (χ3v) is 4.43. The Morgan fingerprint density at radius 2 is 2.15 bits per heavy atom. The van der Waals surface area contributed by atoms with Gasteiger partial charge in [-0.15, -0.1) is 0 Å². The van der Waals surface area contributed by atoms with E-state index in [1.54, 1.807) is 0 Å². The number of nitrogens with two attached hydrogens (primary N) is 1.